The average Bonchev–Trinajstić information content (AvgIpc) is 3.47. The van der Waals surface area contributed by atoms with Crippen molar-refractivity contribution in [3.05, 3.63) is 82.8 Å². The molecule has 1 amide bonds. The van der Waals surface area contributed by atoms with Gasteiger partial charge in [0.25, 0.3) is 0 Å². The summed E-state index contributed by atoms with van der Waals surface area (Å²) in [4.78, 5) is 16.8. The number of aryl methyl sites for hydroxylation is 1. The normalized spacial score (nSPS) is 12.0. The highest BCUT2D eigenvalue weighted by Crippen LogP contribution is 2.23. The number of rotatable bonds is 7. The second-order valence-corrected chi connectivity index (χ2v) is 6.73. The summed E-state index contributed by atoms with van der Waals surface area (Å²) in [6.45, 7) is 0. The Morgan fingerprint density at radius 3 is 2.78 bits per heavy atom. The van der Waals surface area contributed by atoms with Gasteiger partial charge in [0, 0.05) is 23.8 Å². The largest absolute Gasteiger partial charge is 0.467 e. The Kier molecular flexibility index (Phi) is 5.11. The Morgan fingerprint density at radius 1 is 1.15 bits per heavy atom. The molecule has 4 aromatic rings. The van der Waals surface area contributed by atoms with Gasteiger partial charge in [0.05, 0.1) is 6.26 Å². The smallest absolute Gasteiger partial charge is 0.227 e. The number of nitrogens with one attached hydrogen (secondary N) is 1. The molecule has 0 saturated heterocycles. The SMILES string of the molecule is O=C(CCc1nc(-c2ccsc2)no1)NC(c1ccccc1)c1ccco1. The van der Waals surface area contributed by atoms with Crippen molar-refractivity contribution >= 4 is 17.2 Å². The van der Waals surface area contributed by atoms with Crippen LogP contribution in [-0.2, 0) is 11.2 Å². The summed E-state index contributed by atoms with van der Waals surface area (Å²) in [6, 6.07) is 15.0. The summed E-state index contributed by atoms with van der Waals surface area (Å²) >= 11 is 1.57. The van der Waals surface area contributed by atoms with Crippen molar-refractivity contribution in [2.75, 3.05) is 0 Å². The Bertz CT molecular complexity index is 979. The first-order valence-corrected chi connectivity index (χ1v) is 9.47. The number of carbonyl (C=O) groups excluding carboxylic acids is 1. The topological polar surface area (TPSA) is 81.2 Å². The predicted molar refractivity (Wildman–Crippen MR) is 101 cm³/mol. The second-order valence-electron chi connectivity index (χ2n) is 5.95. The minimum Gasteiger partial charge on any atom is -0.467 e. The van der Waals surface area contributed by atoms with Crippen molar-refractivity contribution in [2.24, 2.45) is 0 Å². The molecule has 0 radical (unpaired) electrons. The van der Waals surface area contributed by atoms with Crippen molar-refractivity contribution in [1.82, 2.24) is 15.5 Å². The minimum absolute atomic E-state index is 0.115. The number of carbonyl (C=O) groups is 1. The van der Waals surface area contributed by atoms with E-state index in [0.29, 0.717) is 23.9 Å². The van der Waals surface area contributed by atoms with Crippen LogP contribution in [0.4, 0.5) is 0 Å². The molecule has 6 nitrogen and oxygen atoms in total. The number of aromatic nitrogens is 2. The average molecular weight is 379 g/mol. The fraction of sp³-hybridized carbons (Fsp3) is 0.150. The zero-order valence-electron chi connectivity index (χ0n) is 14.4. The summed E-state index contributed by atoms with van der Waals surface area (Å²) in [7, 11) is 0. The summed E-state index contributed by atoms with van der Waals surface area (Å²) in [6.07, 6.45) is 2.22. The third-order valence-electron chi connectivity index (χ3n) is 4.08. The summed E-state index contributed by atoms with van der Waals surface area (Å²) < 4.78 is 10.7. The van der Waals surface area contributed by atoms with Gasteiger partial charge in [-0.1, -0.05) is 35.5 Å². The maximum absolute atomic E-state index is 12.5. The number of nitrogens with zero attached hydrogens (tertiary/aromatic N) is 2. The monoisotopic (exact) mass is 379 g/mol. The Morgan fingerprint density at radius 2 is 2.04 bits per heavy atom. The molecule has 1 atom stereocenters. The fourth-order valence-corrected chi connectivity index (χ4v) is 3.37. The number of hydrogen-bond donors (Lipinski definition) is 1. The van der Waals surface area contributed by atoms with Crippen molar-refractivity contribution in [3.8, 4) is 11.4 Å². The zero-order chi connectivity index (χ0) is 18.5. The molecule has 0 aliphatic rings. The van der Waals surface area contributed by atoms with Gasteiger partial charge in [-0.3, -0.25) is 4.79 Å². The maximum atomic E-state index is 12.5. The van der Waals surface area contributed by atoms with E-state index in [4.69, 9.17) is 8.94 Å². The third-order valence-corrected chi connectivity index (χ3v) is 4.76. The van der Waals surface area contributed by atoms with Gasteiger partial charge in [-0.2, -0.15) is 16.3 Å². The van der Waals surface area contributed by atoms with Gasteiger partial charge in [-0.05, 0) is 29.1 Å². The maximum Gasteiger partial charge on any atom is 0.227 e. The number of thiophene rings is 1. The van der Waals surface area contributed by atoms with Gasteiger partial charge in [0.2, 0.25) is 17.6 Å². The minimum atomic E-state index is -0.335. The van der Waals surface area contributed by atoms with Crippen LogP contribution in [-0.4, -0.2) is 16.0 Å². The molecule has 0 fully saturated rings. The van der Waals surface area contributed by atoms with Crippen molar-refractivity contribution < 1.29 is 13.7 Å². The van der Waals surface area contributed by atoms with Gasteiger partial charge in [0.15, 0.2) is 0 Å². The molecule has 4 rings (SSSR count). The molecule has 27 heavy (non-hydrogen) atoms. The van der Waals surface area contributed by atoms with Crippen molar-refractivity contribution in [3.63, 3.8) is 0 Å². The summed E-state index contributed by atoms with van der Waals surface area (Å²) in [5, 5.41) is 10.9. The van der Waals surface area contributed by atoms with Crippen LogP contribution in [0.5, 0.6) is 0 Å². The van der Waals surface area contributed by atoms with Crippen LogP contribution in [0.1, 0.15) is 29.7 Å². The number of benzene rings is 1. The molecule has 1 unspecified atom stereocenters. The molecule has 3 aromatic heterocycles. The second kappa shape index (κ2) is 8.01. The van der Waals surface area contributed by atoms with Crippen LogP contribution in [0.2, 0.25) is 0 Å². The van der Waals surface area contributed by atoms with Crippen LogP contribution in [0.15, 0.2) is 74.5 Å². The molecule has 0 aliphatic carbocycles. The first-order chi connectivity index (χ1) is 13.3. The van der Waals surface area contributed by atoms with E-state index < -0.39 is 0 Å². The molecular weight excluding hydrogens is 362 g/mol. The highest BCUT2D eigenvalue weighted by Gasteiger charge is 2.19. The van der Waals surface area contributed by atoms with Crippen LogP contribution < -0.4 is 5.32 Å². The van der Waals surface area contributed by atoms with Gasteiger partial charge >= 0.3 is 0 Å². The van der Waals surface area contributed by atoms with E-state index in [1.807, 2.05) is 59.3 Å². The third kappa shape index (κ3) is 4.15. The lowest BCUT2D eigenvalue weighted by atomic mass is 10.0. The van der Waals surface area contributed by atoms with E-state index in [9.17, 15) is 4.79 Å². The van der Waals surface area contributed by atoms with Crippen LogP contribution in [0.3, 0.4) is 0 Å². The number of amides is 1. The van der Waals surface area contributed by atoms with E-state index in [0.717, 1.165) is 11.1 Å². The van der Waals surface area contributed by atoms with Crippen molar-refractivity contribution in [2.45, 2.75) is 18.9 Å². The Hall–Kier alpha value is -3.19. The molecule has 1 aromatic carbocycles. The van der Waals surface area contributed by atoms with Gasteiger partial charge < -0.3 is 14.3 Å². The van der Waals surface area contributed by atoms with Crippen LogP contribution in [0, 0.1) is 0 Å². The van der Waals surface area contributed by atoms with Gasteiger partial charge in [-0.25, -0.2) is 0 Å². The highest BCUT2D eigenvalue weighted by molar-refractivity contribution is 7.08. The summed E-state index contributed by atoms with van der Waals surface area (Å²) in [5.74, 6) is 1.56. The first kappa shape index (κ1) is 17.2. The van der Waals surface area contributed by atoms with E-state index in [1.54, 1.807) is 17.6 Å². The van der Waals surface area contributed by atoms with E-state index in [1.165, 1.54) is 0 Å². The zero-order valence-corrected chi connectivity index (χ0v) is 15.2. The lowest BCUT2D eigenvalue weighted by Gasteiger charge is -2.17. The van der Waals surface area contributed by atoms with Crippen LogP contribution in [0.25, 0.3) is 11.4 Å². The Balaban J connectivity index is 1.40. The molecule has 0 spiro atoms. The summed E-state index contributed by atoms with van der Waals surface area (Å²) in [5.41, 5.74) is 1.87. The van der Waals surface area contributed by atoms with Gasteiger partial charge in [-0.15, -0.1) is 0 Å². The molecule has 0 bridgehead atoms. The molecular formula is C20H17N3O3S. The number of hydrogen-bond acceptors (Lipinski definition) is 6. The fourth-order valence-electron chi connectivity index (χ4n) is 2.74. The lowest BCUT2D eigenvalue weighted by Crippen LogP contribution is -2.29. The quantitative estimate of drug-likeness (QED) is 0.520. The standard InChI is InChI=1S/C20H17N3O3S/c24-17(8-9-18-22-20(23-26-18)15-10-12-27-13-15)21-19(16-7-4-11-25-16)14-5-2-1-3-6-14/h1-7,10-13,19H,8-9H2,(H,21,24). The van der Waals surface area contributed by atoms with E-state index in [2.05, 4.69) is 15.5 Å². The molecule has 0 saturated carbocycles. The van der Waals surface area contributed by atoms with Crippen molar-refractivity contribution in [1.29, 1.82) is 0 Å². The van der Waals surface area contributed by atoms with E-state index >= 15 is 0 Å². The number of furan rings is 1. The van der Waals surface area contributed by atoms with E-state index in [-0.39, 0.29) is 18.4 Å². The van der Waals surface area contributed by atoms with Crippen LogP contribution >= 0.6 is 11.3 Å². The van der Waals surface area contributed by atoms with Gasteiger partial charge in [0.1, 0.15) is 11.8 Å². The molecule has 7 heteroatoms. The first-order valence-electron chi connectivity index (χ1n) is 8.52. The molecule has 0 aliphatic heterocycles. The predicted octanol–water partition coefficient (Wildman–Crippen LogP) is 4.23. The lowest BCUT2D eigenvalue weighted by molar-refractivity contribution is -0.121. The Labute approximate surface area is 159 Å². The molecule has 136 valence electrons. The highest BCUT2D eigenvalue weighted by atomic mass is 32.1. The molecule has 1 N–H and O–H groups in total. The molecule has 3 heterocycles.